The van der Waals surface area contributed by atoms with Crippen molar-refractivity contribution in [2.24, 2.45) is 5.92 Å². The number of nitrogens with one attached hydrogen (secondary N) is 1. The Morgan fingerprint density at radius 3 is 2.70 bits per heavy atom. The number of morpholine rings is 1. The van der Waals surface area contributed by atoms with Crippen LogP contribution in [0.3, 0.4) is 0 Å². The first-order valence-electron chi connectivity index (χ1n) is 7.53. The normalized spacial score (nSPS) is 27.9. The van der Waals surface area contributed by atoms with Crippen molar-refractivity contribution < 1.29 is 13.5 Å². The molecule has 2 atom stereocenters. The second-order valence-corrected chi connectivity index (χ2v) is 5.96. The second-order valence-electron chi connectivity index (χ2n) is 5.96. The number of rotatable bonds is 3. The van der Waals surface area contributed by atoms with Crippen LogP contribution in [-0.2, 0) is 4.74 Å². The van der Waals surface area contributed by atoms with Crippen LogP contribution in [0.2, 0.25) is 0 Å². The van der Waals surface area contributed by atoms with E-state index in [1.54, 1.807) is 0 Å². The van der Waals surface area contributed by atoms with Gasteiger partial charge in [0.1, 0.15) is 11.6 Å². The van der Waals surface area contributed by atoms with Crippen molar-refractivity contribution in [3.63, 3.8) is 0 Å². The molecule has 1 aromatic carbocycles. The smallest absolute Gasteiger partial charge is 0.131 e. The molecule has 2 unspecified atom stereocenters. The largest absolute Gasteiger partial charge is 0.368 e. The monoisotopic (exact) mass is 281 g/mol. The van der Waals surface area contributed by atoms with Gasteiger partial charge in [0.25, 0.3) is 0 Å². The summed E-state index contributed by atoms with van der Waals surface area (Å²) in [6, 6.07) is 3.72. The number of halogens is 2. The Morgan fingerprint density at radius 2 is 1.95 bits per heavy atom. The van der Waals surface area contributed by atoms with Gasteiger partial charge in [-0.15, -0.1) is 0 Å². The summed E-state index contributed by atoms with van der Waals surface area (Å²) in [7, 11) is 0. The van der Waals surface area contributed by atoms with Crippen LogP contribution in [0.1, 0.15) is 43.8 Å². The maximum Gasteiger partial charge on any atom is 0.131 e. The molecule has 1 heterocycles. The summed E-state index contributed by atoms with van der Waals surface area (Å²) in [5.41, 5.74) is 0.454. The maximum absolute atomic E-state index is 13.8. The van der Waals surface area contributed by atoms with Crippen molar-refractivity contribution in [2.75, 3.05) is 13.1 Å². The van der Waals surface area contributed by atoms with E-state index in [4.69, 9.17) is 4.74 Å². The molecule has 1 aliphatic heterocycles. The molecule has 0 spiro atoms. The molecule has 4 heteroatoms. The Kier molecular flexibility index (Phi) is 4.32. The van der Waals surface area contributed by atoms with E-state index in [0.29, 0.717) is 12.1 Å². The Labute approximate surface area is 118 Å². The van der Waals surface area contributed by atoms with Gasteiger partial charge in [0.05, 0.1) is 12.2 Å². The summed E-state index contributed by atoms with van der Waals surface area (Å²) in [6.45, 7) is 1.42. The molecule has 1 aromatic rings. The van der Waals surface area contributed by atoms with Crippen molar-refractivity contribution in [1.29, 1.82) is 0 Å². The quantitative estimate of drug-likeness (QED) is 0.914. The lowest BCUT2D eigenvalue weighted by atomic mass is 9.98. The van der Waals surface area contributed by atoms with Gasteiger partial charge in [0, 0.05) is 24.7 Å². The molecule has 0 bridgehead atoms. The molecule has 1 aliphatic carbocycles. The Morgan fingerprint density at radius 1 is 1.15 bits per heavy atom. The lowest BCUT2D eigenvalue weighted by molar-refractivity contribution is -0.0503. The third kappa shape index (κ3) is 3.18. The van der Waals surface area contributed by atoms with Gasteiger partial charge >= 0.3 is 0 Å². The van der Waals surface area contributed by atoms with Crippen LogP contribution >= 0.6 is 0 Å². The van der Waals surface area contributed by atoms with E-state index >= 15 is 0 Å². The second kappa shape index (κ2) is 6.19. The lowest BCUT2D eigenvalue weighted by Crippen LogP contribution is -2.41. The van der Waals surface area contributed by atoms with E-state index in [1.165, 1.54) is 37.8 Å². The summed E-state index contributed by atoms with van der Waals surface area (Å²) >= 11 is 0. The zero-order chi connectivity index (χ0) is 13.9. The highest BCUT2D eigenvalue weighted by Crippen LogP contribution is 2.32. The molecule has 2 fully saturated rings. The standard InChI is InChI=1S/C16H21F2NO/c17-12-5-6-14(15(18)8-12)16-10-19-9-13(20-16)7-11-3-1-2-4-11/h5-6,8,11,13,16,19H,1-4,7,9-10H2. The van der Waals surface area contributed by atoms with E-state index in [0.717, 1.165) is 24.9 Å². The van der Waals surface area contributed by atoms with Gasteiger partial charge in [0.15, 0.2) is 0 Å². The van der Waals surface area contributed by atoms with Crippen LogP contribution in [0, 0.1) is 17.6 Å². The van der Waals surface area contributed by atoms with Crippen molar-refractivity contribution in [1.82, 2.24) is 5.32 Å². The van der Waals surface area contributed by atoms with Crippen molar-refractivity contribution in [2.45, 2.75) is 44.3 Å². The van der Waals surface area contributed by atoms with Crippen LogP contribution in [0.25, 0.3) is 0 Å². The van der Waals surface area contributed by atoms with Gasteiger partial charge in [-0.2, -0.15) is 0 Å². The Bertz CT molecular complexity index is 460. The van der Waals surface area contributed by atoms with E-state index in [-0.39, 0.29) is 12.2 Å². The minimum atomic E-state index is -0.544. The van der Waals surface area contributed by atoms with E-state index in [9.17, 15) is 8.78 Å². The van der Waals surface area contributed by atoms with Crippen LogP contribution in [-0.4, -0.2) is 19.2 Å². The van der Waals surface area contributed by atoms with Crippen LogP contribution < -0.4 is 5.32 Å². The first-order valence-corrected chi connectivity index (χ1v) is 7.53. The average Bonchev–Trinajstić information content (AvgIpc) is 2.92. The van der Waals surface area contributed by atoms with E-state index in [2.05, 4.69) is 5.32 Å². The zero-order valence-corrected chi connectivity index (χ0v) is 11.6. The van der Waals surface area contributed by atoms with Crippen molar-refractivity contribution in [3.05, 3.63) is 35.4 Å². The number of hydrogen-bond donors (Lipinski definition) is 1. The van der Waals surface area contributed by atoms with E-state index in [1.807, 2.05) is 0 Å². The molecule has 3 rings (SSSR count). The molecule has 110 valence electrons. The summed E-state index contributed by atoms with van der Waals surface area (Å²) < 4.78 is 32.8. The third-order valence-corrected chi connectivity index (χ3v) is 4.44. The highest BCUT2D eigenvalue weighted by atomic mass is 19.1. The predicted molar refractivity (Wildman–Crippen MR) is 73.4 cm³/mol. The highest BCUT2D eigenvalue weighted by molar-refractivity contribution is 5.21. The topological polar surface area (TPSA) is 21.3 Å². The zero-order valence-electron chi connectivity index (χ0n) is 11.6. The Balaban J connectivity index is 1.64. The van der Waals surface area contributed by atoms with Crippen LogP contribution in [0.15, 0.2) is 18.2 Å². The number of hydrogen-bond acceptors (Lipinski definition) is 2. The molecule has 1 N–H and O–H groups in total. The van der Waals surface area contributed by atoms with Gasteiger partial charge in [-0.25, -0.2) is 8.78 Å². The molecular weight excluding hydrogens is 260 g/mol. The first-order chi connectivity index (χ1) is 9.72. The van der Waals surface area contributed by atoms with Gasteiger partial charge in [-0.3, -0.25) is 0 Å². The first kappa shape index (κ1) is 14.0. The van der Waals surface area contributed by atoms with Crippen LogP contribution in [0.5, 0.6) is 0 Å². The van der Waals surface area contributed by atoms with Gasteiger partial charge in [0.2, 0.25) is 0 Å². The summed E-state index contributed by atoms with van der Waals surface area (Å²) in [5, 5.41) is 3.31. The van der Waals surface area contributed by atoms with Gasteiger partial charge in [-0.1, -0.05) is 31.7 Å². The molecule has 2 nitrogen and oxygen atoms in total. The molecule has 20 heavy (non-hydrogen) atoms. The summed E-state index contributed by atoms with van der Waals surface area (Å²) in [5.74, 6) is -0.311. The van der Waals surface area contributed by atoms with Crippen molar-refractivity contribution in [3.8, 4) is 0 Å². The SMILES string of the molecule is Fc1ccc(C2CNCC(CC3CCCC3)O2)c(F)c1. The molecule has 1 saturated heterocycles. The molecular formula is C16H21F2NO. The van der Waals surface area contributed by atoms with Crippen molar-refractivity contribution >= 4 is 0 Å². The average molecular weight is 281 g/mol. The van der Waals surface area contributed by atoms with E-state index < -0.39 is 11.6 Å². The predicted octanol–water partition coefficient (Wildman–Crippen LogP) is 3.57. The summed E-state index contributed by atoms with van der Waals surface area (Å²) in [4.78, 5) is 0. The summed E-state index contributed by atoms with van der Waals surface area (Å²) in [6.07, 6.45) is 6.09. The fourth-order valence-corrected chi connectivity index (χ4v) is 3.41. The third-order valence-electron chi connectivity index (χ3n) is 4.44. The lowest BCUT2D eigenvalue weighted by Gasteiger charge is -2.32. The number of ether oxygens (including phenoxy) is 1. The van der Waals surface area contributed by atoms with Gasteiger partial charge < -0.3 is 10.1 Å². The molecule has 0 aromatic heterocycles. The van der Waals surface area contributed by atoms with Crippen LogP contribution in [0.4, 0.5) is 8.78 Å². The minimum absolute atomic E-state index is 0.140. The maximum atomic E-state index is 13.8. The number of benzene rings is 1. The minimum Gasteiger partial charge on any atom is -0.368 e. The van der Waals surface area contributed by atoms with Gasteiger partial charge in [-0.05, 0) is 18.4 Å². The molecule has 0 amide bonds. The fraction of sp³-hybridized carbons (Fsp3) is 0.625. The fourth-order valence-electron chi connectivity index (χ4n) is 3.41. The highest BCUT2D eigenvalue weighted by Gasteiger charge is 2.28. The molecule has 1 saturated carbocycles. The Hall–Kier alpha value is -1.00. The molecule has 0 radical (unpaired) electrons. The molecule has 2 aliphatic rings.